The highest BCUT2D eigenvalue weighted by atomic mass is 16.3. The third-order valence-corrected chi connectivity index (χ3v) is 13.0. The van der Waals surface area contributed by atoms with E-state index in [1.165, 1.54) is 0 Å². The molecule has 0 radical (unpaired) electrons. The minimum atomic E-state index is 0.491. The maximum atomic E-state index is 6.49. The zero-order valence-electron chi connectivity index (χ0n) is 36.8. The maximum absolute atomic E-state index is 6.49. The molecular formula is C60H36N8O. The van der Waals surface area contributed by atoms with Gasteiger partial charge in [0.05, 0.1) is 27.8 Å². The zero-order chi connectivity index (χ0) is 45.4. The van der Waals surface area contributed by atoms with Crippen LogP contribution in [0.5, 0.6) is 0 Å². The standard InChI is InChI=1S/C60H36N8O/c1-4-17-37(18-5-1)55-61-56(38-19-6-2-7-20-38)63-58(62-55)40-23-16-24-41(35-40)59-64-57(39-21-8-3-9-22-39)65-60(66-59)68-50-29-14-11-26-44(50)48-34-33-47-43-25-10-13-28-49(43)67(53(47)54(48)68)42-31-32-46-45-27-12-15-30-51(45)69-52(46)36-42/h1-36H. The van der Waals surface area contributed by atoms with Crippen molar-refractivity contribution in [3.05, 3.63) is 218 Å². The van der Waals surface area contributed by atoms with E-state index in [2.05, 4.69) is 106 Å². The Bertz CT molecular complexity index is 4250. The topological polar surface area (TPSA) is 100 Å². The Hall–Kier alpha value is -9.60. The molecule has 14 aromatic rings. The molecule has 14 rings (SSSR count). The Balaban J connectivity index is 1.02. The summed E-state index contributed by atoms with van der Waals surface area (Å²) in [5, 5.41) is 6.58. The van der Waals surface area contributed by atoms with Crippen LogP contribution in [0.1, 0.15) is 0 Å². The summed E-state index contributed by atoms with van der Waals surface area (Å²) in [6, 6.07) is 74.6. The second-order valence-electron chi connectivity index (χ2n) is 17.1. The van der Waals surface area contributed by atoms with Gasteiger partial charge in [0.1, 0.15) is 11.2 Å². The minimum absolute atomic E-state index is 0.491. The summed E-state index contributed by atoms with van der Waals surface area (Å²) in [6.07, 6.45) is 0. The molecule has 0 N–H and O–H groups in total. The van der Waals surface area contributed by atoms with Crippen LogP contribution in [0.4, 0.5) is 0 Å². The Morgan fingerprint density at radius 3 is 1.26 bits per heavy atom. The number of aromatic nitrogens is 8. The van der Waals surface area contributed by atoms with Gasteiger partial charge in [0, 0.05) is 66.2 Å². The molecule has 0 aliphatic rings. The fourth-order valence-corrected chi connectivity index (χ4v) is 9.88. The van der Waals surface area contributed by atoms with Crippen molar-refractivity contribution < 1.29 is 4.42 Å². The summed E-state index contributed by atoms with van der Waals surface area (Å²) in [5.41, 5.74) is 11.0. The normalized spacial score (nSPS) is 11.8. The molecule has 0 aliphatic heterocycles. The predicted octanol–water partition coefficient (Wildman–Crippen LogP) is 14.5. The smallest absolute Gasteiger partial charge is 0.238 e. The fourth-order valence-electron chi connectivity index (χ4n) is 9.88. The van der Waals surface area contributed by atoms with Crippen molar-refractivity contribution in [2.75, 3.05) is 0 Å². The van der Waals surface area contributed by atoms with Crippen LogP contribution in [-0.4, -0.2) is 39.0 Å². The van der Waals surface area contributed by atoms with Gasteiger partial charge in [0.2, 0.25) is 5.95 Å². The first kappa shape index (κ1) is 38.6. The Morgan fingerprint density at radius 2 is 0.681 bits per heavy atom. The van der Waals surface area contributed by atoms with E-state index in [1.807, 2.05) is 121 Å². The van der Waals surface area contributed by atoms with Crippen LogP contribution in [0.15, 0.2) is 223 Å². The van der Waals surface area contributed by atoms with Crippen molar-refractivity contribution >= 4 is 65.6 Å². The van der Waals surface area contributed by atoms with Crippen molar-refractivity contribution in [2.45, 2.75) is 0 Å². The molecule has 0 atom stereocenters. The molecule has 9 nitrogen and oxygen atoms in total. The van der Waals surface area contributed by atoms with E-state index < -0.39 is 0 Å². The van der Waals surface area contributed by atoms with Gasteiger partial charge < -0.3 is 8.98 Å². The van der Waals surface area contributed by atoms with Crippen LogP contribution in [0, 0.1) is 0 Å². The number of benzene rings is 9. The van der Waals surface area contributed by atoms with Crippen LogP contribution < -0.4 is 0 Å². The number of rotatable bonds is 7. The van der Waals surface area contributed by atoms with E-state index in [0.717, 1.165) is 99.1 Å². The monoisotopic (exact) mass is 884 g/mol. The summed E-state index contributed by atoms with van der Waals surface area (Å²) in [6.45, 7) is 0. The lowest BCUT2D eigenvalue weighted by Crippen LogP contribution is -2.07. The quantitative estimate of drug-likeness (QED) is 0.157. The lowest BCUT2D eigenvalue weighted by atomic mass is 10.1. The van der Waals surface area contributed by atoms with Crippen molar-refractivity contribution in [2.24, 2.45) is 0 Å². The van der Waals surface area contributed by atoms with E-state index in [0.29, 0.717) is 35.1 Å². The Labute approximate surface area is 394 Å². The molecule has 5 aromatic heterocycles. The number of fused-ring (bicyclic) bond motifs is 10. The molecule has 0 aliphatic carbocycles. The summed E-state index contributed by atoms with van der Waals surface area (Å²) in [4.78, 5) is 31.0. The highest BCUT2D eigenvalue weighted by Crippen LogP contribution is 2.42. The predicted molar refractivity (Wildman–Crippen MR) is 276 cm³/mol. The van der Waals surface area contributed by atoms with Gasteiger partial charge in [-0.05, 0) is 36.4 Å². The largest absolute Gasteiger partial charge is 0.456 e. The van der Waals surface area contributed by atoms with Gasteiger partial charge in [-0.2, -0.15) is 9.97 Å². The molecule has 0 saturated carbocycles. The molecule has 0 bridgehead atoms. The van der Waals surface area contributed by atoms with Crippen molar-refractivity contribution in [3.8, 4) is 68.6 Å². The number of nitrogens with zero attached hydrogens (tertiary/aromatic N) is 8. The summed E-state index contributed by atoms with van der Waals surface area (Å²) >= 11 is 0. The van der Waals surface area contributed by atoms with Gasteiger partial charge in [-0.3, -0.25) is 4.57 Å². The number of hydrogen-bond acceptors (Lipinski definition) is 7. The third kappa shape index (κ3) is 6.32. The van der Waals surface area contributed by atoms with Gasteiger partial charge in [-0.15, -0.1) is 0 Å². The second kappa shape index (κ2) is 15.5. The first-order valence-corrected chi connectivity index (χ1v) is 22.9. The minimum Gasteiger partial charge on any atom is -0.456 e. The van der Waals surface area contributed by atoms with Gasteiger partial charge in [-0.25, -0.2) is 19.9 Å². The van der Waals surface area contributed by atoms with Crippen molar-refractivity contribution in [1.82, 2.24) is 39.0 Å². The van der Waals surface area contributed by atoms with Gasteiger partial charge >= 0.3 is 0 Å². The molecule has 9 heteroatoms. The van der Waals surface area contributed by atoms with Crippen LogP contribution in [-0.2, 0) is 0 Å². The molecule has 9 aromatic carbocycles. The van der Waals surface area contributed by atoms with Gasteiger partial charge in [0.25, 0.3) is 0 Å². The SMILES string of the molecule is c1ccc(-c2nc(-c3ccccc3)nc(-c3cccc(-c4nc(-c5ccccc5)nc(-n5c6ccccc6c6ccc7c8ccccc8n(-c8ccc9c(c8)oc8ccccc89)c7c65)n4)c3)n2)cc1. The summed E-state index contributed by atoms with van der Waals surface area (Å²) in [5.74, 6) is 3.27. The highest BCUT2D eigenvalue weighted by Gasteiger charge is 2.24. The van der Waals surface area contributed by atoms with Crippen LogP contribution in [0.25, 0.3) is 134 Å². The molecule has 0 spiro atoms. The Kier molecular flexibility index (Phi) is 8.68. The second-order valence-corrected chi connectivity index (χ2v) is 17.1. The summed E-state index contributed by atoms with van der Waals surface area (Å²) < 4.78 is 11.1. The number of hydrogen-bond donors (Lipinski definition) is 0. The molecule has 69 heavy (non-hydrogen) atoms. The lowest BCUT2D eigenvalue weighted by Gasteiger charge is -2.13. The third-order valence-electron chi connectivity index (χ3n) is 13.0. The molecule has 322 valence electrons. The average molecular weight is 885 g/mol. The molecule has 0 saturated heterocycles. The van der Waals surface area contributed by atoms with Crippen molar-refractivity contribution in [3.63, 3.8) is 0 Å². The molecule has 5 heterocycles. The molecule has 0 unspecified atom stereocenters. The van der Waals surface area contributed by atoms with E-state index in [4.69, 9.17) is 34.3 Å². The van der Waals surface area contributed by atoms with E-state index >= 15 is 0 Å². The number of furan rings is 1. The first-order valence-electron chi connectivity index (χ1n) is 22.9. The van der Waals surface area contributed by atoms with Gasteiger partial charge in [0.15, 0.2) is 29.1 Å². The van der Waals surface area contributed by atoms with Gasteiger partial charge in [-0.1, -0.05) is 176 Å². The van der Waals surface area contributed by atoms with Crippen molar-refractivity contribution in [1.29, 1.82) is 0 Å². The van der Waals surface area contributed by atoms with E-state index in [9.17, 15) is 0 Å². The van der Waals surface area contributed by atoms with Crippen LogP contribution >= 0.6 is 0 Å². The first-order chi connectivity index (χ1) is 34.2. The highest BCUT2D eigenvalue weighted by molar-refractivity contribution is 6.24. The van der Waals surface area contributed by atoms with Crippen LogP contribution in [0.3, 0.4) is 0 Å². The fraction of sp³-hybridized carbons (Fsp3) is 0. The lowest BCUT2D eigenvalue weighted by molar-refractivity contribution is 0.668. The Morgan fingerprint density at radius 1 is 0.275 bits per heavy atom. The maximum Gasteiger partial charge on any atom is 0.238 e. The summed E-state index contributed by atoms with van der Waals surface area (Å²) in [7, 11) is 0. The zero-order valence-corrected chi connectivity index (χ0v) is 36.8. The number of para-hydroxylation sites is 3. The molecule has 0 fully saturated rings. The average Bonchev–Trinajstić information content (AvgIpc) is 4.09. The van der Waals surface area contributed by atoms with Crippen LogP contribution in [0.2, 0.25) is 0 Å². The molecular weight excluding hydrogens is 849 g/mol. The van der Waals surface area contributed by atoms with E-state index in [-0.39, 0.29) is 0 Å². The molecule has 0 amide bonds. The van der Waals surface area contributed by atoms with E-state index in [1.54, 1.807) is 0 Å².